The van der Waals surface area contributed by atoms with Gasteiger partial charge in [-0.05, 0) is 6.92 Å². The van der Waals surface area contributed by atoms with Crippen LogP contribution < -0.4 is 5.32 Å². The molecular formula is C6H11NO. The molecule has 0 saturated carbocycles. The van der Waals surface area contributed by atoms with E-state index < -0.39 is 0 Å². The van der Waals surface area contributed by atoms with Crippen LogP contribution in [0.3, 0.4) is 0 Å². The van der Waals surface area contributed by atoms with Crippen molar-refractivity contribution in [2.45, 2.75) is 13.3 Å². The van der Waals surface area contributed by atoms with Gasteiger partial charge in [0, 0.05) is 13.0 Å². The van der Waals surface area contributed by atoms with Crippen LogP contribution in [0, 0.1) is 0 Å². The van der Waals surface area contributed by atoms with Crippen LogP contribution in [0.4, 0.5) is 0 Å². The van der Waals surface area contributed by atoms with Gasteiger partial charge in [0.05, 0.1) is 0 Å². The first kappa shape index (κ1) is 7.21. The summed E-state index contributed by atoms with van der Waals surface area (Å²) < 4.78 is 0. The van der Waals surface area contributed by atoms with Crippen molar-refractivity contribution in [3.8, 4) is 0 Å². The highest BCUT2D eigenvalue weighted by atomic mass is 16.1. The van der Waals surface area contributed by atoms with Crippen LogP contribution in [0.2, 0.25) is 0 Å². The van der Waals surface area contributed by atoms with Gasteiger partial charge < -0.3 is 5.32 Å². The minimum absolute atomic E-state index is 0.0440. The Labute approximate surface area is 49.6 Å². The van der Waals surface area contributed by atoms with E-state index >= 15 is 0 Å². The average molecular weight is 113 g/mol. The van der Waals surface area contributed by atoms with Crippen LogP contribution in [-0.4, -0.2) is 12.5 Å². The predicted octanol–water partition coefficient (Wildman–Crippen LogP) is 0.699. The van der Waals surface area contributed by atoms with Gasteiger partial charge in [-0.15, -0.1) is 6.58 Å². The monoisotopic (exact) mass is 113 g/mol. The topological polar surface area (TPSA) is 29.1 Å². The minimum Gasteiger partial charge on any atom is -0.356 e. The van der Waals surface area contributed by atoms with Gasteiger partial charge in [-0.25, -0.2) is 0 Å². The van der Waals surface area contributed by atoms with Crippen molar-refractivity contribution in [3.05, 3.63) is 12.7 Å². The fourth-order valence-corrected chi connectivity index (χ4v) is 0.400. The number of rotatable bonds is 3. The molecule has 0 unspecified atom stereocenters. The SMILES string of the molecule is C=CCC(=O)NCC. The first-order valence-electron chi connectivity index (χ1n) is 2.68. The Kier molecular flexibility index (Phi) is 3.94. The molecule has 0 bridgehead atoms. The fourth-order valence-electron chi connectivity index (χ4n) is 0.400. The molecule has 0 aromatic carbocycles. The van der Waals surface area contributed by atoms with Crippen molar-refractivity contribution in [3.63, 3.8) is 0 Å². The molecule has 2 heteroatoms. The van der Waals surface area contributed by atoms with Crippen LogP contribution in [0.5, 0.6) is 0 Å². The van der Waals surface area contributed by atoms with Crippen molar-refractivity contribution in [1.29, 1.82) is 0 Å². The zero-order valence-corrected chi connectivity index (χ0v) is 5.11. The number of hydrogen-bond donors (Lipinski definition) is 1. The number of amides is 1. The summed E-state index contributed by atoms with van der Waals surface area (Å²) in [5.74, 6) is 0.0440. The predicted molar refractivity (Wildman–Crippen MR) is 33.5 cm³/mol. The molecule has 0 atom stereocenters. The van der Waals surface area contributed by atoms with Gasteiger partial charge >= 0.3 is 0 Å². The van der Waals surface area contributed by atoms with Crippen LogP contribution in [-0.2, 0) is 4.79 Å². The first-order valence-corrected chi connectivity index (χ1v) is 2.68. The second-order valence-electron chi connectivity index (χ2n) is 1.45. The van der Waals surface area contributed by atoms with E-state index in [1.54, 1.807) is 6.08 Å². The molecule has 0 aromatic heterocycles. The number of nitrogens with one attached hydrogen (secondary N) is 1. The summed E-state index contributed by atoms with van der Waals surface area (Å²) in [6, 6.07) is 0. The van der Waals surface area contributed by atoms with E-state index in [0.29, 0.717) is 13.0 Å². The maximum Gasteiger partial charge on any atom is 0.223 e. The van der Waals surface area contributed by atoms with Crippen LogP contribution >= 0.6 is 0 Å². The van der Waals surface area contributed by atoms with Gasteiger partial charge in [0.15, 0.2) is 0 Å². The summed E-state index contributed by atoms with van der Waals surface area (Å²) in [6.45, 7) is 6.01. The molecule has 0 aromatic rings. The minimum atomic E-state index is 0.0440. The van der Waals surface area contributed by atoms with Gasteiger partial charge in [-0.1, -0.05) is 6.08 Å². The molecule has 0 aliphatic rings. The smallest absolute Gasteiger partial charge is 0.223 e. The van der Waals surface area contributed by atoms with Gasteiger partial charge in [0.25, 0.3) is 0 Å². The third kappa shape index (κ3) is 3.40. The normalized spacial score (nSPS) is 8.12. The van der Waals surface area contributed by atoms with Crippen LogP contribution in [0.15, 0.2) is 12.7 Å². The fraction of sp³-hybridized carbons (Fsp3) is 0.500. The zero-order chi connectivity index (χ0) is 6.41. The molecule has 0 aliphatic carbocycles. The maximum absolute atomic E-state index is 10.5. The lowest BCUT2D eigenvalue weighted by molar-refractivity contribution is -0.120. The Morgan fingerprint density at radius 3 is 2.88 bits per heavy atom. The number of hydrogen-bond acceptors (Lipinski definition) is 1. The summed E-state index contributed by atoms with van der Waals surface area (Å²) in [5, 5.41) is 2.64. The lowest BCUT2D eigenvalue weighted by atomic mass is 10.4. The second-order valence-corrected chi connectivity index (χ2v) is 1.45. The molecule has 0 radical (unpaired) electrons. The Balaban J connectivity index is 3.18. The van der Waals surface area contributed by atoms with Crippen LogP contribution in [0.25, 0.3) is 0 Å². The van der Waals surface area contributed by atoms with Crippen LogP contribution in [0.1, 0.15) is 13.3 Å². The van der Waals surface area contributed by atoms with Gasteiger partial charge in [-0.2, -0.15) is 0 Å². The van der Waals surface area contributed by atoms with E-state index in [9.17, 15) is 4.79 Å². The molecule has 0 aliphatic heterocycles. The number of carbonyl (C=O) groups is 1. The molecule has 1 amide bonds. The molecule has 46 valence electrons. The molecule has 1 N–H and O–H groups in total. The molecule has 0 saturated heterocycles. The standard InChI is InChI=1S/C6H11NO/c1-3-5-6(8)7-4-2/h3H,1,4-5H2,2H3,(H,7,8). The number of carbonyl (C=O) groups excluding carboxylic acids is 1. The summed E-state index contributed by atoms with van der Waals surface area (Å²) in [5.41, 5.74) is 0. The molecular weight excluding hydrogens is 102 g/mol. The van der Waals surface area contributed by atoms with E-state index in [0.717, 1.165) is 0 Å². The summed E-state index contributed by atoms with van der Waals surface area (Å²) in [6.07, 6.45) is 2.01. The van der Waals surface area contributed by atoms with Crippen molar-refractivity contribution >= 4 is 5.91 Å². The zero-order valence-electron chi connectivity index (χ0n) is 5.11. The van der Waals surface area contributed by atoms with Crippen molar-refractivity contribution in [2.24, 2.45) is 0 Å². The molecule has 0 heterocycles. The Hall–Kier alpha value is -0.790. The third-order valence-corrected chi connectivity index (χ3v) is 0.704. The maximum atomic E-state index is 10.5. The quantitative estimate of drug-likeness (QED) is 0.536. The van der Waals surface area contributed by atoms with Gasteiger partial charge in [-0.3, -0.25) is 4.79 Å². The molecule has 8 heavy (non-hydrogen) atoms. The Bertz CT molecular complexity index is 88.5. The highest BCUT2D eigenvalue weighted by Gasteiger charge is 1.90. The second kappa shape index (κ2) is 4.37. The molecule has 2 nitrogen and oxygen atoms in total. The Morgan fingerprint density at radius 1 is 1.88 bits per heavy atom. The largest absolute Gasteiger partial charge is 0.356 e. The van der Waals surface area contributed by atoms with Crippen molar-refractivity contribution in [1.82, 2.24) is 5.32 Å². The van der Waals surface area contributed by atoms with Crippen molar-refractivity contribution < 1.29 is 4.79 Å². The van der Waals surface area contributed by atoms with E-state index in [4.69, 9.17) is 0 Å². The first-order chi connectivity index (χ1) is 3.81. The lowest BCUT2D eigenvalue weighted by Gasteiger charge is -1.94. The van der Waals surface area contributed by atoms with E-state index in [-0.39, 0.29) is 5.91 Å². The molecule has 0 spiro atoms. The summed E-state index contributed by atoms with van der Waals surface area (Å²) >= 11 is 0. The highest BCUT2D eigenvalue weighted by molar-refractivity contribution is 5.77. The lowest BCUT2D eigenvalue weighted by Crippen LogP contribution is -2.21. The van der Waals surface area contributed by atoms with Gasteiger partial charge in [0.2, 0.25) is 5.91 Å². The Morgan fingerprint density at radius 2 is 2.50 bits per heavy atom. The summed E-state index contributed by atoms with van der Waals surface area (Å²) in [4.78, 5) is 10.5. The van der Waals surface area contributed by atoms with E-state index in [2.05, 4.69) is 11.9 Å². The molecule has 0 rings (SSSR count). The van der Waals surface area contributed by atoms with E-state index in [1.807, 2.05) is 6.92 Å². The van der Waals surface area contributed by atoms with E-state index in [1.165, 1.54) is 0 Å². The average Bonchev–Trinajstić information content (AvgIpc) is 1.68. The highest BCUT2D eigenvalue weighted by Crippen LogP contribution is 1.76. The van der Waals surface area contributed by atoms with Crippen molar-refractivity contribution in [2.75, 3.05) is 6.54 Å². The molecule has 0 fully saturated rings. The summed E-state index contributed by atoms with van der Waals surface area (Å²) in [7, 11) is 0. The van der Waals surface area contributed by atoms with Gasteiger partial charge in [0.1, 0.15) is 0 Å². The third-order valence-electron chi connectivity index (χ3n) is 0.704.